The molecule has 12 nitrogen and oxygen atoms in total. The van der Waals surface area contributed by atoms with Crippen LogP contribution in [0.2, 0.25) is 0 Å². The number of benzene rings is 4. The molecule has 4 aromatic carbocycles. The molecule has 0 bridgehead atoms. The summed E-state index contributed by atoms with van der Waals surface area (Å²) in [7, 11) is 4.58. The van der Waals surface area contributed by atoms with Crippen LogP contribution in [0.15, 0.2) is 72.8 Å². The molecule has 0 radical (unpaired) electrons. The quantitative estimate of drug-likeness (QED) is 0.127. The summed E-state index contributed by atoms with van der Waals surface area (Å²) >= 11 is 0. The molecule has 1 fully saturated rings. The summed E-state index contributed by atoms with van der Waals surface area (Å²) in [6.45, 7) is 4.05. The lowest BCUT2D eigenvalue weighted by Gasteiger charge is -2.39. The summed E-state index contributed by atoms with van der Waals surface area (Å²) in [4.78, 5) is 41.4. The van der Waals surface area contributed by atoms with Gasteiger partial charge >= 0.3 is 18.0 Å². The van der Waals surface area contributed by atoms with E-state index >= 15 is 0 Å². The summed E-state index contributed by atoms with van der Waals surface area (Å²) in [5.41, 5.74) is 6.44. The Balaban J connectivity index is 1.08. The first-order valence-corrected chi connectivity index (χ1v) is 18.4. The maximum absolute atomic E-state index is 14.3. The fourth-order valence-electron chi connectivity index (χ4n) is 8.62. The van der Waals surface area contributed by atoms with Gasteiger partial charge in [-0.1, -0.05) is 62.4 Å². The fraction of sp³-hybridized carbons (Fsp3) is 0.372. The minimum Gasteiger partial charge on any atom is -0.493 e. The van der Waals surface area contributed by atoms with Crippen molar-refractivity contribution in [2.45, 2.75) is 44.2 Å². The number of amides is 1. The van der Waals surface area contributed by atoms with Crippen molar-refractivity contribution < 1.29 is 52.3 Å². The number of ether oxygens (including phenoxy) is 8. The highest BCUT2D eigenvalue weighted by Crippen LogP contribution is 2.56. The van der Waals surface area contributed by atoms with Crippen LogP contribution in [0.1, 0.15) is 66.0 Å². The molecule has 2 aliphatic carbocycles. The fourth-order valence-corrected chi connectivity index (χ4v) is 8.62. The van der Waals surface area contributed by atoms with Crippen LogP contribution >= 0.6 is 0 Å². The number of rotatable bonds is 11. The van der Waals surface area contributed by atoms with E-state index < -0.39 is 47.9 Å². The molecule has 8 rings (SSSR count). The van der Waals surface area contributed by atoms with Crippen LogP contribution in [0.3, 0.4) is 0 Å². The van der Waals surface area contributed by atoms with Crippen LogP contribution in [-0.4, -0.2) is 65.4 Å². The van der Waals surface area contributed by atoms with Crippen LogP contribution < -0.4 is 29.0 Å². The third-order valence-corrected chi connectivity index (χ3v) is 11.0. The molecule has 2 aliphatic heterocycles. The number of alkyl carbamates (subject to hydrolysis) is 1. The molecular weight excluding hydrogens is 706 g/mol. The van der Waals surface area contributed by atoms with Gasteiger partial charge in [0.2, 0.25) is 12.5 Å². The van der Waals surface area contributed by atoms with E-state index in [9.17, 15) is 14.4 Å². The van der Waals surface area contributed by atoms with Crippen molar-refractivity contribution in [1.82, 2.24) is 5.32 Å². The Hall–Kier alpha value is -5.91. The van der Waals surface area contributed by atoms with Crippen molar-refractivity contribution in [1.29, 1.82) is 0 Å². The molecule has 2 heterocycles. The average molecular weight is 750 g/mol. The van der Waals surface area contributed by atoms with Gasteiger partial charge in [0.25, 0.3) is 0 Å². The maximum atomic E-state index is 14.3. The molecule has 12 heteroatoms. The summed E-state index contributed by atoms with van der Waals surface area (Å²) in [5.74, 6) is -0.825. The third-order valence-electron chi connectivity index (χ3n) is 11.0. The molecule has 5 atom stereocenters. The van der Waals surface area contributed by atoms with Crippen molar-refractivity contribution in [2.75, 3.05) is 41.3 Å². The molecule has 0 saturated carbocycles. The number of nitrogens with one attached hydrogen (secondary N) is 1. The van der Waals surface area contributed by atoms with Crippen molar-refractivity contribution in [3.05, 3.63) is 101 Å². The van der Waals surface area contributed by atoms with Gasteiger partial charge in [0.05, 0.1) is 33.9 Å². The van der Waals surface area contributed by atoms with E-state index in [0.29, 0.717) is 51.9 Å². The first-order valence-electron chi connectivity index (χ1n) is 18.4. The SMILES string of the molecule is COc1cc([C@@H]2c3cc4c(cc3[C@H](OC(=O)[C@H](CC(C)C)NC(=O)OCC3c5ccccc5-c5ccccc53)[C@H]3COC(=O)[C@@H]23)OCO4)cc(OC)c1OC. The van der Waals surface area contributed by atoms with Crippen molar-refractivity contribution >= 4 is 18.0 Å². The third kappa shape index (κ3) is 6.43. The van der Waals surface area contributed by atoms with E-state index in [1.165, 1.54) is 21.3 Å². The van der Waals surface area contributed by atoms with Gasteiger partial charge in [-0.2, -0.15) is 0 Å². The Morgan fingerprint density at radius 1 is 0.800 bits per heavy atom. The molecule has 0 spiro atoms. The molecule has 1 amide bonds. The predicted molar refractivity (Wildman–Crippen MR) is 199 cm³/mol. The maximum Gasteiger partial charge on any atom is 0.407 e. The summed E-state index contributed by atoms with van der Waals surface area (Å²) in [6.07, 6.45) is -1.34. The number of cyclic esters (lactones) is 1. The summed E-state index contributed by atoms with van der Waals surface area (Å²) < 4.78 is 46.4. The number of carbonyl (C=O) groups excluding carboxylic acids is 3. The normalized spacial score (nSPS) is 20.7. The highest BCUT2D eigenvalue weighted by Gasteiger charge is 2.54. The molecular formula is C43H43NO11. The first kappa shape index (κ1) is 36.1. The molecule has 1 saturated heterocycles. The Morgan fingerprint density at radius 3 is 2.02 bits per heavy atom. The molecule has 4 aromatic rings. The van der Waals surface area contributed by atoms with Gasteiger partial charge in [-0.15, -0.1) is 0 Å². The Bertz CT molecular complexity index is 2080. The minimum atomic E-state index is -1.03. The largest absolute Gasteiger partial charge is 0.493 e. The number of fused-ring (bicyclic) bond motifs is 6. The zero-order valence-corrected chi connectivity index (χ0v) is 31.3. The summed E-state index contributed by atoms with van der Waals surface area (Å²) in [5, 5.41) is 2.80. The highest BCUT2D eigenvalue weighted by atomic mass is 16.7. The van der Waals surface area contributed by atoms with Crippen LogP contribution in [0.5, 0.6) is 28.7 Å². The second kappa shape index (κ2) is 14.7. The molecule has 1 N–H and O–H groups in total. The number of esters is 2. The number of methoxy groups -OCH3 is 3. The molecule has 0 unspecified atom stereocenters. The van der Waals surface area contributed by atoms with Gasteiger partial charge in [-0.25, -0.2) is 9.59 Å². The van der Waals surface area contributed by atoms with Crippen LogP contribution in [0.4, 0.5) is 4.79 Å². The first-order chi connectivity index (χ1) is 26.7. The second-order valence-corrected chi connectivity index (χ2v) is 14.6. The van der Waals surface area contributed by atoms with Gasteiger partial charge < -0.3 is 43.2 Å². The van der Waals surface area contributed by atoms with Gasteiger partial charge in [0.15, 0.2) is 23.0 Å². The van der Waals surface area contributed by atoms with Crippen molar-refractivity contribution in [3.8, 4) is 39.9 Å². The van der Waals surface area contributed by atoms with Crippen LogP contribution in [0.25, 0.3) is 11.1 Å². The molecule has 286 valence electrons. The number of carbonyl (C=O) groups is 3. The monoisotopic (exact) mass is 749 g/mol. The van der Waals surface area contributed by atoms with Crippen LogP contribution in [0, 0.1) is 17.8 Å². The second-order valence-electron chi connectivity index (χ2n) is 14.6. The van der Waals surface area contributed by atoms with E-state index in [1.54, 1.807) is 6.07 Å². The van der Waals surface area contributed by atoms with E-state index in [2.05, 4.69) is 17.4 Å². The lowest BCUT2D eigenvalue weighted by atomic mass is 9.66. The molecule has 4 aliphatic rings. The van der Waals surface area contributed by atoms with Gasteiger partial charge in [-0.05, 0) is 70.0 Å². The number of hydrogen-bond donors (Lipinski definition) is 1. The smallest absolute Gasteiger partial charge is 0.407 e. The standard InChI is InChI=1S/C43H43NO11/c1-22(2)14-32(44-43(47)52-19-30-26-12-8-6-10-24(26)25-11-7-9-13-27(25)30)41(45)55-39-29-18-34-33(53-21-54-34)17-28(29)37(38-31(39)20-51-42(38)46)23-15-35(48-3)40(50-5)36(16-23)49-4/h6-13,15-18,22,30-32,37-39H,14,19-21H2,1-5H3,(H,44,47)/t31-,32-,37+,38+,39-/m0/s1. The van der Waals surface area contributed by atoms with E-state index in [0.717, 1.165) is 22.3 Å². The van der Waals surface area contributed by atoms with E-state index in [-0.39, 0.29) is 31.8 Å². The van der Waals surface area contributed by atoms with Gasteiger partial charge in [0, 0.05) is 23.3 Å². The Kier molecular flexibility index (Phi) is 9.66. The molecule has 0 aromatic heterocycles. The van der Waals surface area contributed by atoms with E-state index in [1.807, 2.05) is 68.4 Å². The zero-order valence-electron chi connectivity index (χ0n) is 31.3. The van der Waals surface area contributed by atoms with Gasteiger partial charge in [0.1, 0.15) is 18.8 Å². The topological polar surface area (TPSA) is 137 Å². The Morgan fingerprint density at radius 2 is 1.42 bits per heavy atom. The number of hydrogen-bond acceptors (Lipinski definition) is 11. The summed E-state index contributed by atoms with van der Waals surface area (Å²) in [6, 6.07) is 22.4. The van der Waals surface area contributed by atoms with Gasteiger partial charge in [-0.3, -0.25) is 4.79 Å². The minimum absolute atomic E-state index is 0.0188. The van der Waals surface area contributed by atoms with Crippen LogP contribution in [-0.2, 0) is 23.8 Å². The van der Waals surface area contributed by atoms with Crippen molar-refractivity contribution in [2.24, 2.45) is 17.8 Å². The van der Waals surface area contributed by atoms with Crippen molar-refractivity contribution in [3.63, 3.8) is 0 Å². The predicted octanol–water partition coefficient (Wildman–Crippen LogP) is 6.91. The Labute approximate surface area is 318 Å². The average Bonchev–Trinajstić information content (AvgIpc) is 3.90. The lowest BCUT2D eigenvalue weighted by molar-refractivity contribution is -0.157. The highest BCUT2D eigenvalue weighted by molar-refractivity contribution is 5.83. The molecule has 55 heavy (non-hydrogen) atoms. The zero-order chi connectivity index (χ0) is 38.4. The lowest BCUT2D eigenvalue weighted by Crippen LogP contribution is -2.45. The van der Waals surface area contributed by atoms with E-state index in [4.69, 9.17) is 37.9 Å².